The molecule has 0 aliphatic carbocycles. The van der Waals surface area contributed by atoms with E-state index in [-0.39, 0.29) is 23.6 Å². The first-order chi connectivity index (χ1) is 15.3. The SMILES string of the molecule is COC1=N[C@H](C(C)C)C(OC)=N[C@H]1Cc1ccc(-c2c(C)ccn(C)c2=O)c2nccn12. The number of hydrogen-bond donors (Lipinski definition) is 0. The van der Waals surface area contributed by atoms with Gasteiger partial charge in [0.1, 0.15) is 17.7 Å². The van der Waals surface area contributed by atoms with Crippen LogP contribution < -0.4 is 5.56 Å². The summed E-state index contributed by atoms with van der Waals surface area (Å²) in [4.78, 5) is 27.0. The van der Waals surface area contributed by atoms with Crippen molar-refractivity contribution in [2.45, 2.75) is 39.3 Å². The van der Waals surface area contributed by atoms with Crippen LogP contribution in [0.4, 0.5) is 0 Å². The van der Waals surface area contributed by atoms with Crippen LogP contribution in [0.15, 0.2) is 51.6 Å². The molecule has 0 bridgehead atoms. The van der Waals surface area contributed by atoms with Crippen molar-refractivity contribution in [3.63, 3.8) is 0 Å². The topological polar surface area (TPSA) is 82.5 Å². The first kappa shape index (κ1) is 21.8. The molecule has 0 spiro atoms. The quantitative estimate of drug-likeness (QED) is 0.631. The number of nitrogens with zero attached hydrogens (tertiary/aromatic N) is 5. The van der Waals surface area contributed by atoms with Gasteiger partial charge < -0.3 is 18.4 Å². The van der Waals surface area contributed by atoms with Gasteiger partial charge in [0, 0.05) is 43.3 Å². The van der Waals surface area contributed by atoms with Crippen molar-refractivity contribution in [3.05, 3.63) is 58.4 Å². The molecule has 4 rings (SSSR count). The minimum atomic E-state index is -0.298. The molecule has 0 fully saturated rings. The molecule has 8 heteroatoms. The average molecular weight is 436 g/mol. The first-order valence-corrected chi connectivity index (χ1v) is 10.7. The van der Waals surface area contributed by atoms with Crippen molar-refractivity contribution < 1.29 is 9.47 Å². The highest BCUT2D eigenvalue weighted by Gasteiger charge is 2.31. The fourth-order valence-electron chi connectivity index (χ4n) is 4.17. The summed E-state index contributed by atoms with van der Waals surface area (Å²) in [5.74, 6) is 1.46. The molecule has 0 saturated heterocycles. The zero-order chi connectivity index (χ0) is 23.0. The molecule has 8 nitrogen and oxygen atoms in total. The Morgan fingerprint density at radius 1 is 1.06 bits per heavy atom. The molecular formula is C24H29N5O3. The Morgan fingerprint density at radius 2 is 1.81 bits per heavy atom. The van der Waals surface area contributed by atoms with Crippen LogP contribution in [0.3, 0.4) is 0 Å². The predicted molar refractivity (Wildman–Crippen MR) is 126 cm³/mol. The second kappa shape index (κ2) is 8.61. The number of aryl methyl sites for hydroxylation is 2. The molecule has 0 radical (unpaired) electrons. The van der Waals surface area contributed by atoms with Gasteiger partial charge in [-0.1, -0.05) is 13.8 Å². The number of ether oxygens (including phenoxy) is 2. The molecule has 0 N–H and O–H groups in total. The van der Waals surface area contributed by atoms with Crippen LogP contribution in [0.1, 0.15) is 25.1 Å². The van der Waals surface area contributed by atoms with Crippen molar-refractivity contribution >= 4 is 17.4 Å². The lowest BCUT2D eigenvalue weighted by molar-refractivity contribution is 0.332. The Morgan fingerprint density at radius 3 is 2.50 bits per heavy atom. The van der Waals surface area contributed by atoms with Crippen molar-refractivity contribution in [1.82, 2.24) is 14.0 Å². The minimum Gasteiger partial charge on any atom is -0.483 e. The highest BCUT2D eigenvalue weighted by molar-refractivity contribution is 5.94. The van der Waals surface area contributed by atoms with E-state index in [0.717, 1.165) is 22.5 Å². The number of aliphatic imine (C=N–C) groups is 2. The number of fused-ring (bicyclic) bond motifs is 1. The monoisotopic (exact) mass is 435 g/mol. The van der Waals surface area contributed by atoms with E-state index in [2.05, 4.69) is 18.8 Å². The molecule has 3 aromatic rings. The van der Waals surface area contributed by atoms with Gasteiger partial charge in [0.2, 0.25) is 11.8 Å². The molecule has 32 heavy (non-hydrogen) atoms. The Hall–Kier alpha value is -3.42. The zero-order valence-electron chi connectivity index (χ0n) is 19.4. The Balaban J connectivity index is 1.77. The average Bonchev–Trinajstić information content (AvgIpc) is 3.28. The van der Waals surface area contributed by atoms with Gasteiger partial charge in [-0.05, 0) is 36.6 Å². The van der Waals surface area contributed by atoms with Crippen molar-refractivity contribution in [2.24, 2.45) is 23.0 Å². The van der Waals surface area contributed by atoms with Gasteiger partial charge in [-0.3, -0.25) is 4.79 Å². The lowest BCUT2D eigenvalue weighted by Gasteiger charge is -2.27. The Bertz CT molecular complexity index is 1270. The van der Waals surface area contributed by atoms with E-state index in [1.165, 1.54) is 0 Å². The van der Waals surface area contributed by atoms with E-state index in [9.17, 15) is 4.79 Å². The van der Waals surface area contributed by atoms with Crippen LogP contribution >= 0.6 is 0 Å². The number of hydrogen-bond acceptors (Lipinski definition) is 6. The molecule has 2 atom stereocenters. The summed E-state index contributed by atoms with van der Waals surface area (Å²) in [5.41, 5.74) is 4.07. The summed E-state index contributed by atoms with van der Waals surface area (Å²) >= 11 is 0. The van der Waals surface area contributed by atoms with Gasteiger partial charge in [0.15, 0.2) is 0 Å². The summed E-state index contributed by atoms with van der Waals surface area (Å²) < 4.78 is 14.7. The third-order valence-corrected chi connectivity index (χ3v) is 5.92. The fraction of sp³-hybridized carbons (Fsp3) is 0.417. The number of imidazole rings is 1. The second-order valence-electron chi connectivity index (χ2n) is 8.40. The summed E-state index contributed by atoms with van der Waals surface area (Å²) in [6, 6.07) is 5.47. The van der Waals surface area contributed by atoms with Crippen molar-refractivity contribution in [1.29, 1.82) is 0 Å². The van der Waals surface area contributed by atoms with Gasteiger partial charge in [-0.15, -0.1) is 0 Å². The van der Waals surface area contributed by atoms with E-state index in [1.807, 2.05) is 35.7 Å². The smallest absolute Gasteiger partial charge is 0.258 e. The second-order valence-corrected chi connectivity index (χ2v) is 8.40. The number of methoxy groups -OCH3 is 2. The third kappa shape index (κ3) is 3.70. The third-order valence-electron chi connectivity index (χ3n) is 5.92. The lowest BCUT2D eigenvalue weighted by Crippen LogP contribution is -2.38. The first-order valence-electron chi connectivity index (χ1n) is 10.7. The highest BCUT2D eigenvalue weighted by Crippen LogP contribution is 2.26. The van der Waals surface area contributed by atoms with E-state index in [0.29, 0.717) is 23.8 Å². The van der Waals surface area contributed by atoms with Crippen LogP contribution in [-0.2, 0) is 22.9 Å². The van der Waals surface area contributed by atoms with E-state index < -0.39 is 0 Å². The highest BCUT2D eigenvalue weighted by atomic mass is 16.5. The van der Waals surface area contributed by atoms with Crippen molar-refractivity contribution in [3.8, 4) is 11.1 Å². The predicted octanol–water partition coefficient (Wildman–Crippen LogP) is 3.05. The largest absolute Gasteiger partial charge is 0.483 e. The van der Waals surface area contributed by atoms with E-state index in [1.54, 1.807) is 38.2 Å². The normalized spacial score (nSPS) is 18.6. The Kier molecular flexibility index (Phi) is 5.86. The molecule has 0 unspecified atom stereocenters. The molecule has 3 aromatic heterocycles. The maximum absolute atomic E-state index is 12.9. The summed E-state index contributed by atoms with van der Waals surface area (Å²) in [6.45, 7) is 6.11. The molecule has 0 amide bonds. The van der Waals surface area contributed by atoms with Gasteiger partial charge >= 0.3 is 0 Å². The van der Waals surface area contributed by atoms with Crippen molar-refractivity contribution in [2.75, 3.05) is 14.2 Å². The maximum atomic E-state index is 12.9. The van der Waals surface area contributed by atoms with Gasteiger partial charge in [0.05, 0.1) is 19.8 Å². The molecule has 0 aromatic carbocycles. The summed E-state index contributed by atoms with van der Waals surface area (Å²) in [7, 11) is 5.01. The molecule has 168 valence electrons. The zero-order valence-corrected chi connectivity index (χ0v) is 19.4. The lowest BCUT2D eigenvalue weighted by atomic mass is 10.0. The fourth-order valence-corrected chi connectivity index (χ4v) is 4.17. The van der Waals surface area contributed by atoms with Crippen LogP contribution in [0.2, 0.25) is 0 Å². The molecule has 4 heterocycles. The molecule has 0 saturated carbocycles. The maximum Gasteiger partial charge on any atom is 0.258 e. The van der Waals surface area contributed by atoms with Crippen LogP contribution in [0, 0.1) is 12.8 Å². The molecule has 1 aliphatic heterocycles. The summed E-state index contributed by atoms with van der Waals surface area (Å²) in [6.07, 6.45) is 5.99. The van der Waals surface area contributed by atoms with Gasteiger partial charge in [0.25, 0.3) is 5.56 Å². The minimum absolute atomic E-state index is 0.0437. The Labute approximate surface area is 187 Å². The standard InChI is InChI=1S/C24H29N5O3/c1-14(2)20-23(32-6)26-18(22(27-20)31-5)13-16-7-8-17(21-25-10-12-29(16)21)19-15(3)9-11-28(4)24(19)30/h7-12,14,18,20H,13H2,1-6H3/t18-,20+/m0/s1. The van der Waals surface area contributed by atoms with Gasteiger partial charge in [-0.25, -0.2) is 15.0 Å². The summed E-state index contributed by atoms with van der Waals surface area (Å²) in [5, 5.41) is 0. The molecular weight excluding hydrogens is 406 g/mol. The number of rotatable bonds is 4. The van der Waals surface area contributed by atoms with Crippen LogP contribution in [0.5, 0.6) is 0 Å². The van der Waals surface area contributed by atoms with Crippen LogP contribution in [0.25, 0.3) is 16.8 Å². The van der Waals surface area contributed by atoms with Crippen LogP contribution in [-0.4, -0.2) is 52.1 Å². The number of pyridine rings is 2. The van der Waals surface area contributed by atoms with Gasteiger partial charge in [-0.2, -0.15) is 0 Å². The van der Waals surface area contributed by atoms with E-state index in [4.69, 9.17) is 19.5 Å². The molecule has 1 aliphatic rings. The number of aromatic nitrogens is 3. The van der Waals surface area contributed by atoms with E-state index >= 15 is 0 Å².